The second-order valence-electron chi connectivity index (χ2n) is 6.39. The molecule has 0 radical (unpaired) electrons. The smallest absolute Gasteiger partial charge is 0.256 e. The van der Waals surface area contributed by atoms with Crippen molar-refractivity contribution in [1.29, 1.82) is 0 Å². The number of benzene rings is 2. The summed E-state index contributed by atoms with van der Waals surface area (Å²) in [5.41, 5.74) is 4.25. The molecule has 3 aromatic rings. The minimum Gasteiger partial charge on any atom is -0.337 e. The zero-order chi connectivity index (χ0) is 18.1. The van der Waals surface area contributed by atoms with E-state index in [0.717, 1.165) is 27.2 Å². The topological polar surface area (TPSA) is 68.3 Å². The van der Waals surface area contributed by atoms with Gasteiger partial charge in [-0.3, -0.25) is 14.6 Å². The van der Waals surface area contributed by atoms with Crippen LogP contribution in [0.15, 0.2) is 53.5 Å². The van der Waals surface area contributed by atoms with Gasteiger partial charge in [-0.15, -0.1) is 0 Å². The van der Waals surface area contributed by atoms with Gasteiger partial charge in [-0.25, -0.2) is 5.84 Å². The summed E-state index contributed by atoms with van der Waals surface area (Å²) < 4.78 is 1.80. The van der Waals surface area contributed by atoms with Gasteiger partial charge in [-0.05, 0) is 37.1 Å². The first kappa shape index (κ1) is 16.9. The predicted octanol–water partition coefficient (Wildman–Crippen LogP) is 2.62. The zero-order valence-electron chi connectivity index (χ0n) is 14.6. The van der Waals surface area contributed by atoms with Crippen molar-refractivity contribution in [1.82, 2.24) is 9.58 Å². The van der Waals surface area contributed by atoms with Crippen molar-refractivity contribution in [2.75, 3.05) is 7.05 Å². The summed E-state index contributed by atoms with van der Waals surface area (Å²) in [5, 5.41) is 1.65. The fraction of sp³-hybridized carbons (Fsp3) is 0.200. The van der Waals surface area contributed by atoms with E-state index in [0.29, 0.717) is 10.9 Å². The highest BCUT2D eigenvalue weighted by Crippen LogP contribution is 2.21. The summed E-state index contributed by atoms with van der Waals surface area (Å²) in [6.07, 6.45) is 1.75. The number of carbonyl (C=O) groups excluding carboxylic acids is 1. The van der Waals surface area contributed by atoms with Crippen LogP contribution in [0.25, 0.3) is 22.0 Å². The number of amides is 1. The van der Waals surface area contributed by atoms with Gasteiger partial charge in [0, 0.05) is 24.2 Å². The SMILES string of the molecule is Cc1ccc(-c2cn(CC(=O)N(C)N)c3cc(C)ccc3c2=O)cc1. The lowest BCUT2D eigenvalue weighted by Crippen LogP contribution is -2.36. The molecule has 0 fully saturated rings. The quantitative estimate of drug-likeness (QED) is 0.454. The van der Waals surface area contributed by atoms with Gasteiger partial charge in [-0.2, -0.15) is 0 Å². The van der Waals surface area contributed by atoms with E-state index in [4.69, 9.17) is 5.84 Å². The second kappa shape index (κ2) is 6.53. The maximum atomic E-state index is 13.0. The minimum absolute atomic E-state index is 0.0383. The number of hydrogen-bond acceptors (Lipinski definition) is 3. The first-order valence-corrected chi connectivity index (χ1v) is 8.09. The van der Waals surface area contributed by atoms with Gasteiger partial charge >= 0.3 is 0 Å². The van der Waals surface area contributed by atoms with Crippen LogP contribution in [0.2, 0.25) is 0 Å². The monoisotopic (exact) mass is 335 g/mol. The third-order valence-corrected chi connectivity index (χ3v) is 4.30. The van der Waals surface area contributed by atoms with Crippen LogP contribution in [0.1, 0.15) is 11.1 Å². The van der Waals surface area contributed by atoms with Crippen LogP contribution in [-0.2, 0) is 11.3 Å². The predicted molar refractivity (Wildman–Crippen MR) is 100 cm³/mol. The number of likely N-dealkylation sites (N-methyl/N-ethyl adjacent to an activating group) is 1. The lowest BCUT2D eigenvalue weighted by atomic mass is 10.0. The Morgan fingerprint density at radius 1 is 1.08 bits per heavy atom. The molecule has 0 unspecified atom stereocenters. The molecule has 0 spiro atoms. The lowest BCUT2D eigenvalue weighted by molar-refractivity contribution is -0.130. The normalized spacial score (nSPS) is 10.9. The molecule has 0 aliphatic carbocycles. The van der Waals surface area contributed by atoms with Crippen LogP contribution in [0.5, 0.6) is 0 Å². The maximum Gasteiger partial charge on any atom is 0.256 e. The Hall–Kier alpha value is -2.92. The molecule has 5 heteroatoms. The molecule has 25 heavy (non-hydrogen) atoms. The minimum atomic E-state index is -0.235. The summed E-state index contributed by atoms with van der Waals surface area (Å²) in [6, 6.07) is 13.4. The van der Waals surface area contributed by atoms with Crippen molar-refractivity contribution in [3.8, 4) is 11.1 Å². The van der Waals surface area contributed by atoms with E-state index in [1.54, 1.807) is 10.8 Å². The second-order valence-corrected chi connectivity index (χ2v) is 6.39. The van der Waals surface area contributed by atoms with Gasteiger partial charge in [0.1, 0.15) is 6.54 Å². The number of aryl methyl sites for hydroxylation is 2. The number of nitrogens with zero attached hydrogens (tertiary/aromatic N) is 2. The molecule has 2 aromatic carbocycles. The van der Waals surface area contributed by atoms with Gasteiger partial charge in [0.05, 0.1) is 5.52 Å². The van der Waals surface area contributed by atoms with Gasteiger partial charge in [0.2, 0.25) is 0 Å². The summed E-state index contributed by atoms with van der Waals surface area (Å²) in [5.74, 6) is 5.33. The highest BCUT2D eigenvalue weighted by molar-refractivity contribution is 5.86. The molecule has 1 aromatic heterocycles. The van der Waals surface area contributed by atoms with Gasteiger partial charge in [0.15, 0.2) is 5.43 Å². The molecule has 2 N–H and O–H groups in total. The Labute approximate surface area is 146 Å². The summed E-state index contributed by atoms with van der Waals surface area (Å²) >= 11 is 0. The third-order valence-electron chi connectivity index (χ3n) is 4.30. The van der Waals surface area contributed by atoms with Crippen molar-refractivity contribution in [2.45, 2.75) is 20.4 Å². The molecule has 3 rings (SSSR count). The molecule has 1 heterocycles. The Bertz CT molecular complexity index is 1000. The first-order valence-electron chi connectivity index (χ1n) is 8.09. The van der Waals surface area contributed by atoms with E-state index in [2.05, 4.69) is 0 Å². The third kappa shape index (κ3) is 3.32. The molecule has 0 bridgehead atoms. The lowest BCUT2D eigenvalue weighted by Gasteiger charge is -2.16. The van der Waals surface area contributed by atoms with Crippen molar-refractivity contribution < 1.29 is 4.79 Å². The number of pyridine rings is 1. The van der Waals surface area contributed by atoms with Crippen molar-refractivity contribution in [2.24, 2.45) is 5.84 Å². The van der Waals surface area contributed by atoms with E-state index in [1.807, 2.05) is 56.3 Å². The first-order chi connectivity index (χ1) is 11.9. The van der Waals surface area contributed by atoms with Crippen molar-refractivity contribution >= 4 is 16.8 Å². The molecular weight excluding hydrogens is 314 g/mol. The average Bonchev–Trinajstić information content (AvgIpc) is 2.58. The van der Waals surface area contributed by atoms with Crippen molar-refractivity contribution in [3.05, 3.63) is 70.0 Å². The fourth-order valence-electron chi connectivity index (χ4n) is 2.83. The number of fused-ring (bicyclic) bond motifs is 1. The van der Waals surface area contributed by atoms with Crippen LogP contribution in [0.4, 0.5) is 0 Å². The molecule has 0 aliphatic rings. The molecule has 0 aliphatic heterocycles. The highest BCUT2D eigenvalue weighted by Gasteiger charge is 2.14. The summed E-state index contributed by atoms with van der Waals surface area (Å²) in [6.45, 7) is 4.03. The number of aromatic nitrogens is 1. The number of hydrogen-bond donors (Lipinski definition) is 1. The van der Waals surface area contributed by atoms with Gasteiger partial charge in [-0.1, -0.05) is 35.9 Å². The Morgan fingerprint density at radius 3 is 2.36 bits per heavy atom. The standard InChI is InChI=1S/C20H21N3O2/c1-13-4-7-15(8-5-13)17-11-23(12-19(24)22(3)21)18-10-14(2)6-9-16(18)20(17)25/h4-11H,12,21H2,1-3H3. The van der Waals surface area contributed by atoms with E-state index < -0.39 is 0 Å². The number of rotatable bonds is 3. The molecule has 128 valence electrons. The average molecular weight is 335 g/mol. The van der Waals surface area contributed by atoms with E-state index in [-0.39, 0.29) is 17.9 Å². The maximum absolute atomic E-state index is 13.0. The molecule has 0 atom stereocenters. The number of nitrogens with two attached hydrogens (primary N) is 1. The van der Waals surface area contributed by atoms with Gasteiger partial charge < -0.3 is 4.57 Å². The van der Waals surface area contributed by atoms with Crippen molar-refractivity contribution in [3.63, 3.8) is 0 Å². The Balaban J connectivity index is 2.26. The van der Waals surface area contributed by atoms with Gasteiger partial charge in [0.25, 0.3) is 5.91 Å². The Morgan fingerprint density at radius 2 is 1.72 bits per heavy atom. The van der Waals surface area contributed by atoms with Crippen LogP contribution in [-0.4, -0.2) is 22.5 Å². The van der Waals surface area contributed by atoms with Crippen LogP contribution < -0.4 is 11.3 Å². The van der Waals surface area contributed by atoms with Crippen LogP contribution in [0, 0.1) is 13.8 Å². The largest absolute Gasteiger partial charge is 0.337 e. The molecule has 0 saturated carbocycles. The summed E-state index contributed by atoms with van der Waals surface area (Å²) in [7, 11) is 1.51. The zero-order valence-corrected chi connectivity index (χ0v) is 14.6. The highest BCUT2D eigenvalue weighted by atomic mass is 16.2. The van der Waals surface area contributed by atoms with E-state index in [1.165, 1.54) is 7.05 Å². The molecular formula is C20H21N3O2. The van der Waals surface area contributed by atoms with Crippen LogP contribution in [0.3, 0.4) is 0 Å². The molecule has 5 nitrogen and oxygen atoms in total. The summed E-state index contributed by atoms with van der Waals surface area (Å²) in [4.78, 5) is 25.1. The number of hydrazine groups is 1. The van der Waals surface area contributed by atoms with Crippen LogP contribution >= 0.6 is 0 Å². The fourth-order valence-corrected chi connectivity index (χ4v) is 2.83. The van der Waals surface area contributed by atoms with E-state index >= 15 is 0 Å². The van der Waals surface area contributed by atoms with E-state index in [9.17, 15) is 9.59 Å². The molecule has 0 saturated heterocycles. The Kier molecular flexibility index (Phi) is 4.42. The number of carbonyl (C=O) groups is 1. The molecule has 1 amide bonds.